The lowest BCUT2D eigenvalue weighted by molar-refractivity contribution is 0.248. The lowest BCUT2D eigenvalue weighted by Gasteiger charge is -2.04. The zero-order valence-electron chi connectivity index (χ0n) is 8.01. The van der Waals surface area contributed by atoms with Crippen molar-refractivity contribution in [1.82, 2.24) is 0 Å². The number of aliphatic hydroxyl groups is 1. The molecule has 0 bridgehead atoms. The van der Waals surface area contributed by atoms with Crippen molar-refractivity contribution in [3.8, 4) is 11.3 Å². The van der Waals surface area contributed by atoms with Crippen LogP contribution in [-0.4, -0.2) is 5.11 Å². The highest BCUT2D eigenvalue weighted by Crippen LogP contribution is 2.38. The molecule has 0 unspecified atom stereocenters. The molecule has 2 rings (SSSR count). The highest BCUT2D eigenvalue weighted by atomic mass is 79.9. The zero-order chi connectivity index (χ0) is 11.7. The van der Waals surface area contributed by atoms with E-state index in [9.17, 15) is 0 Å². The second kappa shape index (κ2) is 4.80. The normalized spacial score (nSPS) is 10.8. The van der Waals surface area contributed by atoms with E-state index in [0.29, 0.717) is 27.1 Å². The Morgan fingerprint density at radius 2 is 1.88 bits per heavy atom. The largest absolute Gasteiger partial charge is 0.459 e. The highest BCUT2D eigenvalue weighted by molar-refractivity contribution is 9.10. The first-order chi connectivity index (χ1) is 7.63. The predicted octanol–water partition coefficient (Wildman–Crippen LogP) is 4.51. The summed E-state index contributed by atoms with van der Waals surface area (Å²) in [7, 11) is 0. The van der Waals surface area contributed by atoms with E-state index >= 15 is 0 Å². The molecule has 0 saturated carbocycles. The quantitative estimate of drug-likeness (QED) is 0.826. The van der Waals surface area contributed by atoms with Gasteiger partial charge in [0.05, 0.1) is 10.0 Å². The van der Waals surface area contributed by atoms with Gasteiger partial charge in [-0.3, -0.25) is 0 Å². The van der Waals surface area contributed by atoms with Crippen molar-refractivity contribution < 1.29 is 9.52 Å². The maximum Gasteiger partial charge on any atom is 0.135 e. The molecule has 0 aliphatic heterocycles. The number of hydrogen-bond acceptors (Lipinski definition) is 2. The Morgan fingerprint density at radius 1 is 1.12 bits per heavy atom. The Hall–Kier alpha value is -0.480. The van der Waals surface area contributed by atoms with Gasteiger partial charge in [-0.05, 0) is 40.2 Å². The fourth-order valence-corrected chi connectivity index (χ4v) is 2.19. The van der Waals surface area contributed by atoms with Crippen LogP contribution >= 0.6 is 39.1 Å². The summed E-state index contributed by atoms with van der Waals surface area (Å²) < 4.78 is 6.12. The molecule has 84 valence electrons. The summed E-state index contributed by atoms with van der Waals surface area (Å²) >= 11 is 15.4. The van der Waals surface area contributed by atoms with E-state index in [4.69, 9.17) is 32.7 Å². The predicted molar refractivity (Wildman–Crippen MR) is 67.8 cm³/mol. The Balaban J connectivity index is 2.52. The topological polar surface area (TPSA) is 33.4 Å². The molecule has 0 aliphatic carbocycles. The number of halogens is 3. The molecule has 0 atom stereocenters. The minimum atomic E-state index is -0.137. The molecule has 0 saturated heterocycles. The lowest BCUT2D eigenvalue weighted by atomic mass is 10.2. The molecule has 2 aromatic rings. The second-order valence-corrected chi connectivity index (χ2v) is 4.76. The van der Waals surface area contributed by atoms with E-state index in [1.54, 1.807) is 24.3 Å². The Kier molecular flexibility index (Phi) is 3.60. The van der Waals surface area contributed by atoms with E-state index in [-0.39, 0.29) is 6.61 Å². The van der Waals surface area contributed by atoms with Gasteiger partial charge in [-0.1, -0.05) is 23.2 Å². The molecular formula is C11H7BrCl2O2. The SMILES string of the molecule is OCc1ccc(-c2ccc(Br)c(Cl)c2Cl)o1. The van der Waals surface area contributed by atoms with Crippen LogP contribution in [-0.2, 0) is 6.61 Å². The van der Waals surface area contributed by atoms with Crippen LogP contribution in [0.15, 0.2) is 33.2 Å². The molecule has 0 amide bonds. The molecule has 0 aliphatic rings. The van der Waals surface area contributed by atoms with Gasteiger partial charge in [0.25, 0.3) is 0 Å². The minimum Gasteiger partial charge on any atom is -0.459 e. The van der Waals surface area contributed by atoms with E-state index < -0.39 is 0 Å². The molecular weight excluding hydrogens is 315 g/mol. The standard InChI is InChI=1S/C11H7BrCl2O2/c12-8-3-2-7(10(13)11(8)14)9-4-1-6(5-15)16-9/h1-4,15H,5H2. The molecule has 0 fully saturated rings. The van der Waals surface area contributed by atoms with Crippen molar-refractivity contribution in [2.24, 2.45) is 0 Å². The zero-order valence-corrected chi connectivity index (χ0v) is 11.1. The van der Waals surface area contributed by atoms with Crippen molar-refractivity contribution in [1.29, 1.82) is 0 Å². The van der Waals surface area contributed by atoms with Crippen LogP contribution < -0.4 is 0 Å². The Labute approximate surface area is 111 Å². The van der Waals surface area contributed by atoms with Crippen molar-refractivity contribution in [2.45, 2.75) is 6.61 Å². The van der Waals surface area contributed by atoms with Crippen LogP contribution in [0.5, 0.6) is 0 Å². The number of rotatable bonds is 2. The van der Waals surface area contributed by atoms with E-state index in [0.717, 1.165) is 4.47 Å². The van der Waals surface area contributed by atoms with E-state index in [1.165, 1.54) is 0 Å². The minimum absolute atomic E-state index is 0.137. The molecule has 16 heavy (non-hydrogen) atoms. The highest BCUT2D eigenvalue weighted by Gasteiger charge is 2.13. The van der Waals surface area contributed by atoms with E-state index in [1.807, 2.05) is 0 Å². The molecule has 1 N–H and O–H groups in total. The van der Waals surface area contributed by atoms with Crippen molar-refractivity contribution in [3.63, 3.8) is 0 Å². The van der Waals surface area contributed by atoms with Gasteiger partial charge in [-0.2, -0.15) is 0 Å². The maximum absolute atomic E-state index is 8.91. The summed E-state index contributed by atoms with van der Waals surface area (Å²) in [6.45, 7) is -0.137. The third kappa shape index (κ3) is 2.13. The lowest BCUT2D eigenvalue weighted by Crippen LogP contribution is -1.80. The van der Waals surface area contributed by atoms with Gasteiger partial charge in [0, 0.05) is 10.0 Å². The molecule has 1 heterocycles. The molecule has 2 nitrogen and oxygen atoms in total. The summed E-state index contributed by atoms with van der Waals surface area (Å²) in [4.78, 5) is 0. The summed E-state index contributed by atoms with van der Waals surface area (Å²) in [6.07, 6.45) is 0. The van der Waals surface area contributed by atoms with Crippen LogP contribution in [0, 0.1) is 0 Å². The van der Waals surface area contributed by atoms with Gasteiger partial charge in [0.15, 0.2) is 0 Å². The monoisotopic (exact) mass is 320 g/mol. The van der Waals surface area contributed by atoms with Gasteiger partial charge >= 0.3 is 0 Å². The second-order valence-electron chi connectivity index (χ2n) is 3.15. The summed E-state index contributed by atoms with van der Waals surface area (Å²) in [6, 6.07) is 7.04. The van der Waals surface area contributed by atoms with Crippen LogP contribution in [0.3, 0.4) is 0 Å². The van der Waals surface area contributed by atoms with Crippen LogP contribution in [0.4, 0.5) is 0 Å². The smallest absolute Gasteiger partial charge is 0.135 e. The number of hydrogen-bond donors (Lipinski definition) is 1. The van der Waals surface area contributed by atoms with Crippen molar-refractivity contribution in [3.05, 3.63) is 44.5 Å². The third-order valence-electron chi connectivity index (χ3n) is 2.12. The van der Waals surface area contributed by atoms with Crippen molar-refractivity contribution >= 4 is 39.1 Å². The van der Waals surface area contributed by atoms with Crippen LogP contribution in [0.1, 0.15) is 5.76 Å². The average Bonchev–Trinajstić information content (AvgIpc) is 2.74. The van der Waals surface area contributed by atoms with Gasteiger partial charge in [0.2, 0.25) is 0 Å². The van der Waals surface area contributed by atoms with Crippen molar-refractivity contribution in [2.75, 3.05) is 0 Å². The fraction of sp³-hybridized carbons (Fsp3) is 0.0909. The summed E-state index contributed by atoms with van der Waals surface area (Å²) in [5.74, 6) is 1.08. The first kappa shape index (κ1) is 12.0. The average molecular weight is 322 g/mol. The van der Waals surface area contributed by atoms with Gasteiger partial charge in [-0.15, -0.1) is 0 Å². The third-order valence-corrected chi connectivity index (χ3v) is 3.89. The first-order valence-electron chi connectivity index (χ1n) is 4.47. The fourth-order valence-electron chi connectivity index (χ4n) is 1.32. The molecule has 1 aromatic heterocycles. The van der Waals surface area contributed by atoms with Crippen LogP contribution in [0.2, 0.25) is 10.0 Å². The number of aliphatic hydroxyl groups excluding tert-OH is 1. The molecule has 0 radical (unpaired) electrons. The van der Waals surface area contributed by atoms with Gasteiger partial charge < -0.3 is 9.52 Å². The van der Waals surface area contributed by atoms with Gasteiger partial charge in [0.1, 0.15) is 18.1 Å². The summed E-state index contributed by atoms with van der Waals surface area (Å²) in [5.41, 5.74) is 0.703. The maximum atomic E-state index is 8.91. The Bertz CT molecular complexity index is 523. The van der Waals surface area contributed by atoms with E-state index in [2.05, 4.69) is 15.9 Å². The molecule has 1 aromatic carbocycles. The first-order valence-corrected chi connectivity index (χ1v) is 6.02. The molecule has 0 spiro atoms. The number of benzene rings is 1. The summed E-state index contributed by atoms with van der Waals surface area (Å²) in [5, 5.41) is 9.78. The molecule has 5 heteroatoms. The Morgan fingerprint density at radius 3 is 2.50 bits per heavy atom. The van der Waals surface area contributed by atoms with Gasteiger partial charge in [-0.25, -0.2) is 0 Å². The number of furan rings is 1. The van der Waals surface area contributed by atoms with Crippen LogP contribution in [0.25, 0.3) is 11.3 Å².